The van der Waals surface area contributed by atoms with E-state index in [0.717, 1.165) is 44.1 Å². The molecule has 12 nitrogen and oxygen atoms in total. The van der Waals surface area contributed by atoms with Crippen molar-refractivity contribution in [2.24, 2.45) is 13.0 Å². The lowest BCUT2D eigenvalue weighted by atomic mass is 9.98. The first kappa shape index (κ1) is 41.9. The molecule has 2 aromatic rings. The fourth-order valence-electron chi connectivity index (χ4n) is 3.48. The molecule has 0 amide bonds. The van der Waals surface area contributed by atoms with E-state index >= 15 is 0 Å². The number of hydrogen-bond acceptors (Lipinski definition) is 8. The zero-order valence-electron chi connectivity index (χ0n) is 24.6. The van der Waals surface area contributed by atoms with Crippen LogP contribution >= 0.6 is 0 Å². The van der Waals surface area contributed by atoms with Gasteiger partial charge in [-0.25, -0.2) is 24.4 Å². The van der Waals surface area contributed by atoms with Crippen LogP contribution in [0.15, 0.2) is 24.7 Å². The van der Waals surface area contributed by atoms with Gasteiger partial charge >= 0.3 is 36.4 Å². The highest BCUT2D eigenvalue weighted by Gasteiger charge is 2.39. The Morgan fingerprint density at radius 2 is 1.41 bits per heavy atom. The van der Waals surface area contributed by atoms with Crippen LogP contribution in [0.3, 0.4) is 0 Å². The van der Waals surface area contributed by atoms with Crippen LogP contribution in [0.25, 0.3) is 0 Å². The first-order chi connectivity index (χ1) is 20.9. The van der Waals surface area contributed by atoms with Crippen molar-refractivity contribution < 1.29 is 78.7 Å². The lowest BCUT2D eigenvalue weighted by Gasteiger charge is -2.33. The van der Waals surface area contributed by atoms with Crippen LogP contribution in [-0.4, -0.2) is 98.1 Å². The predicted octanol–water partition coefficient (Wildman–Crippen LogP) is 4.50. The highest BCUT2D eigenvalue weighted by atomic mass is 19.4. The van der Waals surface area contributed by atoms with Crippen LogP contribution in [0.4, 0.5) is 39.5 Å². The first-order valence-corrected chi connectivity index (χ1v) is 12.6. The molecule has 0 aliphatic carbocycles. The summed E-state index contributed by atoms with van der Waals surface area (Å²) in [5.41, 5.74) is 3.55. The molecule has 2 aromatic heterocycles. The molecule has 262 valence electrons. The molecule has 1 atom stereocenters. The third-order valence-corrected chi connectivity index (χ3v) is 5.24. The zero-order valence-corrected chi connectivity index (χ0v) is 24.6. The average molecular weight is 687 g/mol. The summed E-state index contributed by atoms with van der Waals surface area (Å²) in [4.78, 5) is 38.0. The molecule has 0 fully saturated rings. The molecule has 0 radical (unpaired) electrons. The fraction of sp³-hybridized carbons (Fsp3) is 0.560. The van der Waals surface area contributed by atoms with Crippen molar-refractivity contribution in [1.29, 1.82) is 0 Å². The van der Waals surface area contributed by atoms with Crippen LogP contribution in [0.5, 0.6) is 5.88 Å². The van der Waals surface area contributed by atoms with Gasteiger partial charge in [0.25, 0.3) is 0 Å². The lowest BCUT2D eigenvalue weighted by Crippen LogP contribution is -2.36. The number of fused-ring (bicyclic) bond motifs is 1. The fourth-order valence-corrected chi connectivity index (χ4v) is 3.48. The summed E-state index contributed by atoms with van der Waals surface area (Å²) >= 11 is 0. The van der Waals surface area contributed by atoms with E-state index in [-0.39, 0.29) is 0 Å². The normalized spacial score (nSPS) is 14.8. The Morgan fingerprint density at radius 1 is 0.935 bits per heavy atom. The summed E-state index contributed by atoms with van der Waals surface area (Å²) in [7, 11) is 3.74. The van der Waals surface area contributed by atoms with Gasteiger partial charge in [-0.1, -0.05) is 19.9 Å². The molecule has 0 saturated heterocycles. The van der Waals surface area contributed by atoms with E-state index < -0.39 is 36.4 Å². The van der Waals surface area contributed by atoms with Crippen molar-refractivity contribution in [3.63, 3.8) is 0 Å². The number of methoxy groups -OCH3 is 1. The molecule has 21 heteroatoms. The van der Waals surface area contributed by atoms with Gasteiger partial charge in [0.1, 0.15) is 0 Å². The number of pyridine rings is 1. The van der Waals surface area contributed by atoms with Crippen molar-refractivity contribution in [2.45, 2.75) is 51.4 Å². The van der Waals surface area contributed by atoms with E-state index in [2.05, 4.69) is 46.4 Å². The van der Waals surface area contributed by atoms with E-state index in [4.69, 9.17) is 39.2 Å². The third kappa shape index (κ3) is 15.7. The number of alkyl halides is 9. The number of aliphatic carboxylic acids is 3. The standard InChI is InChI=1S/C19H28N4O2.3C2HF3O2/c1-14(2)11-25-12-16-9-23(10-17-18(16)22(3)13-21-17)8-15-6-5-7-20-19(15)24-4;3*3-2(4,5)1(6)7/h5-7,13-14,16H,8-12H2,1-4H3;3*(H,6,7). The van der Waals surface area contributed by atoms with Crippen molar-refractivity contribution in [1.82, 2.24) is 19.4 Å². The van der Waals surface area contributed by atoms with Gasteiger partial charge in [-0.05, 0) is 12.0 Å². The molecule has 1 aliphatic rings. The van der Waals surface area contributed by atoms with Crippen molar-refractivity contribution in [3.8, 4) is 5.88 Å². The number of carboxylic acids is 3. The van der Waals surface area contributed by atoms with Gasteiger partial charge in [0.05, 0.1) is 25.7 Å². The van der Waals surface area contributed by atoms with Gasteiger partial charge in [-0.3, -0.25) is 4.90 Å². The molecular weight excluding hydrogens is 655 g/mol. The second kappa shape index (κ2) is 18.1. The highest BCUT2D eigenvalue weighted by molar-refractivity contribution is 5.73. The van der Waals surface area contributed by atoms with E-state index in [1.165, 1.54) is 5.69 Å². The number of carboxylic acid groups (broad SMARTS) is 3. The lowest BCUT2D eigenvalue weighted by molar-refractivity contribution is -0.193. The molecule has 3 N–H and O–H groups in total. The second-order valence-electron chi connectivity index (χ2n) is 9.57. The van der Waals surface area contributed by atoms with Crippen molar-refractivity contribution >= 4 is 17.9 Å². The Bertz CT molecular complexity index is 1210. The number of aromatic nitrogens is 3. The maximum Gasteiger partial charge on any atom is 0.490 e. The Morgan fingerprint density at radius 3 is 1.83 bits per heavy atom. The summed E-state index contributed by atoms with van der Waals surface area (Å²) in [5.74, 6) is -6.70. The maximum atomic E-state index is 10.6. The number of aryl methyl sites for hydroxylation is 1. The van der Waals surface area contributed by atoms with Gasteiger partial charge in [0, 0.05) is 56.7 Å². The van der Waals surface area contributed by atoms with Gasteiger partial charge in [0.15, 0.2) is 0 Å². The Labute approximate surface area is 255 Å². The van der Waals surface area contributed by atoms with Gasteiger partial charge in [0.2, 0.25) is 5.88 Å². The Hall–Kier alpha value is -4.14. The first-order valence-electron chi connectivity index (χ1n) is 12.6. The molecule has 46 heavy (non-hydrogen) atoms. The summed E-state index contributed by atoms with van der Waals surface area (Å²) in [5, 5.41) is 21.4. The number of ether oxygens (including phenoxy) is 2. The largest absolute Gasteiger partial charge is 0.490 e. The minimum Gasteiger partial charge on any atom is -0.481 e. The second-order valence-corrected chi connectivity index (χ2v) is 9.57. The molecule has 0 aromatic carbocycles. The van der Waals surface area contributed by atoms with Crippen LogP contribution in [0.1, 0.15) is 36.7 Å². The number of nitrogens with zero attached hydrogens (tertiary/aromatic N) is 4. The summed E-state index contributed by atoms with van der Waals surface area (Å²) < 4.78 is 109. The SMILES string of the molecule is COc1ncccc1CN1Cc2ncn(C)c2C(COCC(C)C)C1.O=C(O)C(F)(F)F.O=C(O)C(F)(F)F.O=C(O)C(F)(F)F. The van der Waals surface area contributed by atoms with Crippen molar-refractivity contribution in [3.05, 3.63) is 41.6 Å². The van der Waals surface area contributed by atoms with Crippen LogP contribution < -0.4 is 4.74 Å². The quantitative estimate of drug-likeness (QED) is 0.352. The van der Waals surface area contributed by atoms with Gasteiger partial charge in [-0.15, -0.1) is 0 Å². The maximum absolute atomic E-state index is 10.6. The van der Waals surface area contributed by atoms with E-state index in [9.17, 15) is 39.5 Å². The summed E-state index contributed by atoms with van der Waals surface area (Å²) in [6.07, 6.45) is -11.6. The van der Waals surface area contributed by atoms with E-state index in [0.29, 0.717) is 17.7 Å². The number of carbonyl (C=O) groups is 3. The zero-order chi connectivity index (χ0) is 36.0. The molecule has 0 spiro atoms. The molecular formula is C25H31F9N4O8. The summed E-state index contributed by atoms with van der Waals surface area (Å²) in [6, 6.07) is 4.03. The monoisotopic (exact) mass is 686 g/mol. The number of imidazole rings is 1. The molecule has 0 bridgehead atoms. The average Bonchev–Trinajstić information content (AvgIpc) is 3.28. The van der Waals surface area contributed by atoms with Crippen molar-refractivity contribution in [2.75, 3.05) is 26.9 Å². The molecule has 0 saturated carbocycles. The van der Waals surface area contributed by atoms with Crippen LogP contribution in [0, 0.1) is 5.92 Å². The molecule has 3 rings (SSSR count). The van der Waals surface area contributed by atoms with Gasteiger partial charge in [-0.2, -0.15) is 39.5 Å². The highest BCUT2D eigenvalue weighted by Crippen LogP contribution is 2.30. The minimum absolute atomic E-state index is 0.331. The van der Waals surface area contributed by atoms with Crippen LogP contribution in [-0.2, 0) is 39.3 Å². The summed E-state index contributed by atoms with van der Waals surface area (Å²) in [6.45, 7) is 8.46. The topological polar surface area (TPSA) is 164 Å². The minimum atomic E-state index is -5.08. The Balaban J connectivity index is 0.000000786. The van der Waals surface area contributed by atoms with Crippen LogP contribution in [0.2, 0.25) is 0 Å². The van der Waals surface area contributed by atoms with E-state index in [1.807, 2.05) is 12.4 Å². The molecule has 3 heterocycles. The third-order valence-electron chi connectivity index (χ3n) is 5.24. The number of hydrogen-bond donors (Lipinski definition) is 3. The molecule has 1 unspecified atom stereocenters. The predicted molar refractivity (Wildman–Crippen MR) is 138 cm³/mol. The Kier molecular flexibility index (Phi) is 16.5. The number of rotatable bonds is 7. The number of halogens is 9. The van der Waals surface area contributed by atoms with E-state index in [1.54, 1.807) is 13.3 Å². The van der Waals surface area contributed by atoms with Gasteiger partial charge < -0.3 is 29.4 Å². The molecule has 1 aliphatic heterocycles. The smallest absolute Gasteiger partial charge is 0.481 e.